The lowest BCUT2D eigenvalue weighted by atomic mass is 10.2. The van der Waals surface area contributed by atoms with E-state index in [4.69, 9.17) is 16.3 Å². The number of fused-ring (bicyclic) bond motifs is 1. The first-order valence-electron chi connectivity index (χ1n) is 8.31. The van der Waals surface area contributed by atoms with Gasteiger partial charge in [0.15, 0.2) is 27.3 Å². The maximum absolute atomic E-state index is 13.3. The Kier molecular flexibility index (Phi) is 4.64. The minimum Gasteiger partial charge on any atom is -0.369 e. The third kappa shape index (κ3) is 3.38. The summed E-state index contributed by atoms with van der Waals surface area (Å²) in [5, 5.41) is 1.53. The minimum absolute atomic E-state index is 0.0306. The standard InChI is InChI=1S/C18H13ClF3NO4S/c19-11-2-1-8(18(24)23-9-4-12(20)17(22)13(21)5-9)3-16(11)28(25,26)10-6-14-15(7-10)27-14/h1-5,10,14-15H,6-7H2,(H,23,24). The maximum Gasteiger partial charge on any atom is 0.255 e. The van der Waals surface area contributed by atoms with Crippen LogP contribution >= 0.6 is 11.6 Å². The SMILES string of the molecule is O=C(Nc1cc(F)c(F)c(F)c1)c1ccc(Cl)c(S(=O)(=O)C2CC3OC3C2)c1. The van der Waals surface area contributed by atoms with Crippen molar-refractivity contribution in [2.45, 2.75) is 35.2 Å². The zero-order chi connectivity index (χ0) is 20.2. The highest BCUT2D eigenvalue weighted by atomic mass is 35.5. The molecular weight excluding hydrogens is 419 g/mol. The quantitative estimate of drug-likeness (QED) is 0.591. The predicted molar refractivity (Wildman–Crippen MR) is 94.6 cm³/mol. The molecule has 2 aliphatic rings. The molecule has 10 heteroatoms. The Balaban J connectivity index is 1.60. The summed E-state index contributed by atoms with van der Waals surface area (Å²) in [6, 6.07) is 4.90. The average molecular weight is 432 g/mol. The second kappa shape index (κ2) is 6.75. The van der Waals surface area contributed by atoms with Gasteiger partial charge in [-0.05, 0) is 31.0 Å². The van der Waals surface area contributed by atoms with E-state index in [1.165, 1.54) is 12.1 Å². The number of hydrogen-bond donors (Lipinski definition) is 1. The Labute approximate surface area is 163 Å². The van der Waals surface area contributed by atoms with E-state index in [-0.39, 0.29) is 33.4 Å². The molecule has 1 aliphatic heterocycles. The topological polar surface area (TPSA) is 75.8 Å². The monoisotopic (exact) mass is 431 g/mol. The van der Waals surface area contributed by atoms with Gasteiger partial charge in [-0.2, -0.15) is 0 Å². The number of sulfone groups is 1. The van der Waals surface area contributed by atoms with Crippen LogP contribution in [0.1, 0.15) is 23.2 Å². The molecular formula is C18H13ClF3NO4S. The largest absolute Gasteiger partial charge is 0.369 e. The van der Waals surface area contributed by atoms with Crippen LogP contribution in [0.25, 0.3) is 0 Å². The number of rotatable bonds is 4. The van der Waals surface area contributed by atoms with Gasteiger partial charge >= 0.3 is 0 Å². The molecule has 4 rings (SSSR count). The molecule has 5 nitrogen and oxygen atoms in total. The molecule has 0 aromatic heterocycles. The van der Waals surface area contributed by atoms with Gasteiger partial charge in [0.25, 0.3) is 5.91 Å². The van der Waals surface area contributed by atoms with Gasteiger partial charge in [-0.1, -0.05) is 11.6 Å². The van der Waals surface area contributed by atoms with Crippen LogP contribution in [0.15, 0.2) is 35.2 Å². The number of amides is 1. The van der Waals surface area contributed by atoms with Crippen LogP contribution < -0.4 is 5.32 Å². The molecule has 2 aromatic carbocycles. The Bertz CT molecular complexity index is 1060. The zero-order valence-electron chi connectivity index (χ0n) is 14.1. The number of benzene rings is 2. The summed E-state index contributed by atoms with van der Waals surface area (Å²) in [4.78, 5) is 12.2. The first-order chi connectivity index (χ1) is 13.2. The van der Waals surface area contributed by atoms with Gasteiger partial charge in [-0.15, -0.1) is 0 Å². The summed E-state index contributed by atoms with van der Waals surface area (Å²) >= 11 is 6.05. The van der Waals surface area contributed by atoms with E-state index in [0.717, 1.165) is 6.07 Å². The van der Waals surface area contributed by atoms with E-state index in [1.807, 2.05) is 0 Å². The molecule has 2 unspecified atom stereocenters. The van der Waals surface area contributed by atoms with Crippen LogP contribution in [-0.2, 0) is 14.6 Å². The van der Waals surface area contributed by atoms with Crippen molar-refractivity contribution in [1.29, 1.82) is 0 Å². The lowest BCUT2D eigenvalue weighted by Gasteiger charge is -2.15. The van der Waals surface area contributed by atoms with E-state index >= 15 is 0 Å². The van der Waals surface area contributed by atoms with Crippen molar-refractivity contribution in [3.63, 3.8) is 0 Å². The zero-order valence-corrected chi connectivity index (χ0v) is 15.7. The molecule has 1 aliphatic carbocycles. The van der Waals surface area contributed by atoms with Crippen molar-refractivity contribution in [3.05, 3.63) is 58.4 Å². The molecule has 1 saturated heterocycles. The van der Waals surface area contributed by atoms with Gasteiger partial charge in [0.05, 0.1) is 27.4 Å². The molecule has 148 valence electrons. The summed E-state index contributed by atoms with van der Waals surface area (Å²) in [6.07, 6.45) is 0.642. The number of halogens is 4. The average Bonchev–Trinajstić information content (AvgIpc) is 3.24. The van der Waals surface area contributed by atoms with E-state index in [0.29, 0.717) is 25.0 Å². The highest BCUT2D eigenvalue weighted by molar-refractivity contribution is 7.92. The van der Waals surface area contributed by atoms with Crippen molar-refractivity contribution < 1.29 is 31.1 Å². The molecule has 1 heterocycles. The number of anilines is 1. The number of epoxide rings is 1. The Morgan fingerprint density at radius 3 is 2.29 bits per heavy atom. The smallest absolute Gasteiger partial charge is 0.255 e. The Hall–Kier alpha value is -2.10. The van der Waals surface area contributed by atoms with E-state index in [9.17, 15) is 26.4 Å². The number of ether oxygens (including phenoxy) is 1. The van der Waals surface area contributed by atoms with Gasteiger partial charge in [0.2, 0.25) is 0 Å². The van der Waals surface area contributed by atoms with Crippen LogP contribution in [0.5, 0.6) is 0 Å². The summed E-state index contributed by atoms with van der Waals surface area (Å²) in [6.45, 7) is 0. The Morgan fingerprint density at radius 1 is 1.07 bits per heavy atom. The number of carbonyl (C=O) groups is 1. The van der Waals surface area contributed by atoms with Crippen LogP contribution in [0.4, 0.5) is 18.9 Å². The molecule has 28 heavy (non-hydrogen) atoms. The number of nitrogens with one attached hydrogen (secondary N) is 1. The third-order valence-corrected chi connectivity index (χ3v) is 7.51. The van der Waals surface area contributed by atoms with Crippen molar-refractivity contribution in [2.75, 3.05) is 5.32 Å². The third-order valence-electron chi connectivity index (χ3n) is 4.86. The molecule has 2 fully saturated rings. The predicted octanol–water partition coefficient (Wildman–Crippen LogP) is 3.71. The van der Waals surface area contributed by atoms with Crippen LogP contribution in [0, 0.1) is 17.5 Å². The number of hydrogen-bond acceptors (Lipinski definition) is 4. The van der Waals surface area contributed by atoms with Crippen molar-refractivity contribution >= 4 is 33.0 Å². The molecule has 2 atom stereocenters. The van der Waals surface area contributed by atoms with Crippen molar-refractivity contribution in [1.82, 2.24) is 0 Å². The summed E-state index contributed by atoms with van der Waals surface area (Å²) in [5.41, 5.74) is -0.388. The van der Waals surface area contributed by atoms with Crippen LogP contribution in [0.2, 0.25) is 5.02 Å². The van der Waals surface area contributed by atoms with Gasteiger partial charge < -0.3 is 10.1 Å². The van der Waals surface area contributed by atoms with Crippen LogP contribution in [0.3, 0.4) is 0 Å². The maximum atomic E-state index is 13.3. The van der Waals surface area contributed by atoms with Gasteiger partial charge in [0.1, 0.15) is 0 Å². The van der Waals surface area contributed by atoms with Gasteiger partial charge in [-0.25, -0.2) is 21.6 Å². The molecule has 1 saturated carbocycles. The second-order valence-electron chi connectivity index (χ2n) is 6.70. The summed E-state index contributed by atoms with van der Waals surface area (Å²) in [7, 11) is -3.78. The fraction of sp³-hybridized carbons (Fsp3) is 0.278. The molecule has 1 N–H and O–H groups in total. The highest BCUT2D eigenvalue weighted by Crippen LogP contribution is 2.44. The first-order valence-corrected chi connectivity index (χ1v) is 10.2. The molecule has 1 amide bonds. The normalized spacial score (nSPS) is 23.4. The highest BCUT2D eigenvalue weighted by Gasteiger charge is 2.52. The van der Waals surface area contributed by atoms with Crippen LogP contribution in [-0.4, -0.2) is 31.8 Å². The molecule has 0 spiro atoms. The second-order valence-corrected chi connectivity index (χ2v) is 9.31. The lowest BCUT2D eigenvalue weighted by Crippen LogP contribution is -2.22. The van der Waals surface area contributed by atoms with Gasteiger partial charge in [0, 0.05) is 23.4 Å². The van der Waals surface area contributed by atoms with Gasteiger partial charge in [-0.3, -0.25) is 4.79 Å². The fourth-order valence-electron chi connectivity index (χ4n) is 3.33. The van der Waals surface area contributed by atoms with Crippen molar-refractivity contribution in [3.8, 4) is 0 Å². The first kappa shape index (κ1) is 19.2. The minimum atomic E-state index is -3.78. The van der Waals surface area contributed by atoms with E-state index < -0.39 is 38.4 Å². The summed E-state index contributed by atoms with van der Waals surface area (Å²) in [5.74, 6) is -5.40. The van der Waals surface area contributed by atoms with E-state index in [2.05, 4.69) is 5.32 Å². The number of carbonyl (C=O) groups excluding carboxylic acids is 1. The van der Waals surface area contributed by atoms with Crippen molar-refractivity contribution in [2.24, 2.45) is 0 Å². The molecule has 0 radical (unpaired) electrons. The fourth-order valence-corrected chi connectivity index (χ4v) is 5.65. The Morgan fingerprint density at radius 2 is 1.68 bits per heavy atom. The molecule has 2 aromatic rings. The summed E-state index contributed by atoms with van der Waals surface area (Å²) < 4.78 is 70.6. The lowest BCUT2D eigenvalue weighted by molar-refractivity contribution is 0.102. The van der Waals surface area contributed by atoms with E-state index in [1.54, 1.807) is 0 Å². The molecule has 0 bridgehead atoms.